The highest BCUT2D eigenvalue weighted by Crippen LogP contribution is 2.15. The summed E-state index contributed by atoms with van der Waals surface area (Å²) < 4.78 is 7.30. The minimum Gasteiger partial charge on any atom is -0.381 e. The SMILES string of the molecule is c1cnn(CC2CCOCC2)c1. The monoisotopic (exact) mass is 166 g/mol. The Morgan fingerprint density at radius 1 is 1.42 bits per heavy atom. The first-order chi connectivity index (χ1) is 5.95. The van der Waals surface area contributed by atoms with Crippen molar-refractivity contribution >= 4 is 0 Å². The quantitative estimate of drug-likeness (QED) is 0.662. The van der Waals surface area contributed by atoms with Gasteiger partial charge in [-0.3, -0.25) is 4.68 Å². The van der Waals surface area contributed by atoms with E-state index in [1.807, 2.05) is 23.1 Å². The fourth-order valence-electron chi connectivity index (χ4n) is 1.60. The second-order valence-electron chi connectivity index (χ2n) is 3.28. The molecule has 0 amide bonds. The lowest BCUT2D eigenvalue weighted by Gasteiger charge is -2.21. The largest absolute Gasteiger partial charge is 0.381 e. The van der Waals surface area contributed by atoms with Crippen LogP contribution in [0.5, 0.6) is 0 Å². The molecule has 1 fully saturated rings. The van der Waals surface area contributed by atoms with Crippen LogP contribution in [-0.4, -0.2) is 23.0 Å². The molecule has 0 aromatic carbocycles. The summed E-state index contributed by atoms with van der Waals surface area (Å²) in [6.45, 7) is 2.90. The van der Waals surface area contributed by atoms with E-state index in [1.165, 1.54) is 12.8 Å². The first-order valence-corrected chi connectivity index (χ1v) is 4.50. The van der Waals surface area contributed by atoms with Gasteiger partial charge in [0.25, 0.3) is 0 Å². The second kappa shape index (κ2) is 3.72. The molecule has 1 saturated heterocycles. The van der Waals surface area contributed by atoms with Crippen molar-refractivity contribution in [1.82, 2.24) is 9.78 Å². The predicted octanol–water partition coefficient (Wildman–Crippen LogP) is 1.31. The summed E-state index contributed by atoms with van der Waals surface area (Å²) in [5, 5.41) is 4.19. The summed E-state index contributed by atoms with van der Waals surface area (Å²) in [5.74, 6) is 0.763. The van der Waals surface area contributed by atoms with E-state index < -0.39 is 0 Å². The van der Waals surface area contributed by atoms with Gasteiger partial charge in [0.05, 0.1) is 0 Å². The third-order valence-electron chi connectivity index (χ3n) is 2.35. The van der Waals surface area contributed by atoms with Gasteiger partial charge in [-0.2, -0.15) is 5.10 Å². The molecule has 0 radical (unpaired) electrons. The summed E-state index contributed by atoms with van der Waals surface area (Å²) in [6, 6.07) is 1.97. The zero-order valence-corrected chi connectivity index (χ0v) is 7.15. The van der Waals surface area contributed by atoms with Crippen molar-refractivity contribution in [2.75, 3.05) is 13.2 Å². The molecule has 0 bridgehead atoms. The maximum absolute atomic E-state index is 5.29. The van der Waals surface area contributed by atoms with Crippen LogP contribution in [0.2, 0.25) is 0 Å². The maximum atomic E-state index is 5.29. The molecule has 3 heteroatoms. The molecule has 0 saturated carbocycles. The Morgan fingerprint density at radius 2 is 2.25 bits per heavy atom. The average Bonchev–Trinajstić information content (AvgIpc) is 2.59. The Morgan fingerprint density at radius 3 is 2.92 bits per heavy atom. The highest BCUT2D eigenvalue weighted by molar-refractivity contribution is 4.78. The lowest BCUT2D eigenvalue weighted by molar-refractivity contribution is 0.0601. The lowest BCUT2D eigenvalue weighted by Crippen LogP contribution is -2.20. The molecular formula is C9H14N2O. The van der Waals surface area contributed by atoms with Crippen LogP contribution >= 0.6 is 0 Å². The molecule has 3 nitrogen and oxygen atoms in total. The van der Waals surface area contributed by atoms with Crippen molar-refractivity contribution in [3.8, 4) is 0 Å². The molecule has 1 aromatic heterocycles. The van der Waals surface area contributed by atoms with E-state index in [9.17, 15) is 0 Å². The molecule has 1 aromatic rings. The van der Waals surface area contributed by atoms with Crippen LogP contribution in [0, 0.1) is 5.92 Å². The van der Waals surface area contributed by atoms with Crippen LogP contribution in [0.4, 0.5) is 0 Å². The lowest BCUT2D eigenvalue weighted by atomic mass is 10.0. The number of rotatable bonds is 2. The smallest absolute Gasteiger partial charge is 0.0489 e. The fraction of sp³-hybridized carbons (Fsp3) is 0.667. The van der Waals surface area contributed by atoms with Gasteiger partial charge in [-0.15, -0.1) is 0 Å². The van der Waals surface area contributed by atoms with E-state index >= 15 is 0 Å². The van der Waals surface area contributed by atoms with Crippen LogP contribution in [0.1, 0.15) is 12.8 Å². The number of hydrogen-bond acceptors (Lipinski definition) is 2. The molecule has 0 unspecified atom stereocenters. The molecule has 1 aliphatic heterocycles. The van der Waals surface area contributed by atoms with Gasteiger partial charge in [-0.1, -0.05) is 0 Å². The first-order valence-electron chi connectivity index (χ1n) is 4.50. The standard InChI is InChI=1S/C9H14N2O/c1-4-10-11(5-1)8-9-2-6-12-7-3-9/h1,4-5,9H,2-3,6-8H2. The Bertz CT molecular complexity index is 214. The van der Waals surface area contributed by atoms with Gasteiger partial charge in [-0.25, -0.2) is 0 Å². The van der Waals surface area contributed by atoms with Crippen molar-refractivity contribution in [2.45, 2.75) is 19.4 Å². The highest BCUT2D eigenvalue weighted by Gasteiger charge is 2.13. The van der Waals surface area contributed by atoms with Crippen molar-refractivity contribution < 1.29 is 4.74 Å². The van der Waals surface area contributed by atoms with Crippen molar-refractivity contribution in [1.29, 1.82) is 0 Å². The summed E-state index contributed by atoms with van der Waals surface area (Å²) in [4.78, 5) is 0. The minimum absolute atomic E-state index is 0.763. The molecule has 0 spiro atoms. The summed E-state index contributed by atoms with van der Waals surface area (Å²) in [5.41, 5.74) is 0. The van der Waals surface area contributed by atoms with Gasteiger partial charge in [0, 0.05) is 32.2 Å². The zero-order chi connectivity index (χ0) is 8.23. The molecular weight excluding hydrogens is 152 g/mol. The minimum atomic E-state index is 0.763. The van der Waals surface area contributed by atoms with Gasteiger partial charge < -0.3 is 4.74 Å². The first kappa shape index (κ1) is 7.80. The van der Waals surface area contributed by atoms with Crippen LogP contribution in [0.3, 0.4) is 0 Å². The van der Waals surface area contributed by atoms with Crippen molar-refractivity contribution in [3.63, 3.8) is 0 Å². The maximum Gasteiger partial charge on any atom is 0.0489 e. The van der Waals surface area contributed by atoms with E-state index in [2.05, 4.69) is 5.10 Å². The van der Waals surface area contributed by atoms with Crippen LogP contribution in [0.15, 0.2) is 18.5 Å². The third-order valence-corrected chi connectivity index (χ3v) is 2.35. The van der Waals surface area contributed by atoms with E-state index in [-0.39, 0.29) is 0 Å². The molecule has 2 heterocycles. The number of hydrogen-bond donors (Lipinski definition) is 0. The van der Waals surface area contributed by atoms with Gasteiger partial charge in [0.2, 0.25) is 0 Å². The number of aromatic nitrogens is 2. The highest BCUT2D eigenvalue weighted by atomic mass is 16.5. The van der Waals surface area contributed by atoms with Crippen molar-refractivity contribution in [3.05, 3.63) is 18.5 Å². The Labute approximate surface area is 72.3 Å². The van der Waals surface area contributed by atoms with Gasteiger partial charge in [0.1, 0.15) is 0 Å². The Kier molecular flexibility index (Phi) is 2.42. The summed E-state index contributed by atoms with van der Waals surface area (Å²) in [7, 11) is 0. The molecule has 12 heavy (non-hydrogen) atoms. The Balaban J connectivity index is 1.86. The normalized spacial score (nSPS) is 19.7. The summed E-state index contributed by atoms with van der Waals surface area (Å²) in [6.07, 6.45) is 6.22. The molecule has 66 valence electrons. The molecule has 0 aliphatic carbocycles. The second-order valence-corrected chi connectivity index (χ2v) is 3.28. The zero-order valence-electron chi connectivity index (χ0n) is 7.15. The third kappa shape index (κ3) is 1.85. The molecule has 2 rings (SSSR count). The molecule has 0 N–H and O–H groups in total. The predicted molar refractivity (Wildman–Crippen MR) is 45.8 cm³/mol. The average molecular weight is 166 g/mol. The van der Waals surface area contributed by atoms with E-state index in [0.29, 0.717) is 0 Å². The molecule has 1 aliphatic rings. The molecule has 0 atom stereocenters. The van der Waals surface area contributed by atoms with Crippen LogP contribution < -0.4 is 0 Å². The topological polar surface area (TPSA) is 27.1 Å². The summed E-state index contributed by atoms with van der Waals surface area (Å²) >= 11 is 0. The number of ether oxygens (including phenoxy) is 1. The van der Waals surface area contributed by atoms with E-state index in [4.69, 9.17) is 4.74 Å². The van der Waals surface area contributed by atoms with Gasteiger partial charge in [0.15, 0.2) is 0 Å². The number of nitrogens with zero attached hydrogens (tertiary/aromatic N) is 2. The fourth-order valence-corrected chi connectivity index (χ4v) is 1.60. The Hall–Kier alpha value is -0.830. The van der Waals surface area contributed by atoms with Gasteiger partial charge in [-0.05, 0) is 24.8 Å². The van der Waals surface area contributed by atoms with Crippen LogP contribution in [-0.2, 0) is 11.3 Å². The van der Waals surface area contributed by atoms with E-state index in [0.717, 1.165) is 25.7 Å². The van der Waals surface area contributed by atoms with Crippen LogP contribution in [0.25, 0.3) is 0 Å². The van der Waals surface area contributed by atoms with Crippen molar-refractivity contribution in [2.24, 2.45) is 5.92 Å². The van der Waals surface area contributed by atoms with E-state index in [1.54, 1.807) is 0 Å². The van der Waals surface area contributed by atoms with Gasteiger partial charge >= 0.3 is 0 Å².